The maximum atomic E-state index is 5.51. The minimum absolute atomic E-state index is 0.695. The predicted molar refractivity (Wildman–Crippen MR) is 117 cm³/mol. The summed E-state index contributed by atoms with van der Waals surface area (Å²) in [6.07, 6.45) is 5.86. The third kappa shape index (κ3) is 3.64. The van der Waals surface area contributed by atoms with Crippen LogP contribution < -0.4 is 0 Å². The molecule has 0 amide bonds. The van der Waals surface area contributed by atoms with Gasteiger partial charge in [-0.05, 0) is 37.1 Å². The van der Waals surface area contributed by atoms with E-state index in [9.17, 15) is 0 Å². The predicted octanol–water partition coefficient (Wildman–Crippen LogP) is 5.14. The van der Waals surface area contributed by atoms with E-state index in [2.05, 4.69) is 56.7 Å². The van der Waals surface area contributed by atoms with Gasteiger partial charge in [0.1, 0.15) is 11.4 Å². The van der Waals surface area contributed by atoms with Gasteiger partial charge in [-0.25, -0.2) is 4.98 Å². The van der Waals surface area contributed by atoms with Crippen LogP contribution in [-0.4, -0.2) is 24.1 Å². The Hall–Kier alpha value is -3.32. The van der Waals surface area contributed by atoms with Gasteiger partial charge >= 0.3 is 0 Å². The first kappa shape index (κ1) is 18.7. The number of furan rings is 1. The lowest BCUT2D eigenvalue weighted by Crippen LogP contribution is -2.04. The lowest BCUT2D eigenvalue weighted by Gasteiger charge is -2.09. The molecule has 0 aliphatic heterocycles. The molecule has 0 aliphatic carbocycles. The van der Waals surface area contributed by atoms with Crippen molar-refractivity contribution in [2.24, 2.45) is 0 Å². The van der Waals surface area contributed by atoms with Crippen LogP contribution in [0.5, 0.6) is 0 Å². The number of fused-ring (bicyclic) bond motifs is 1. The maximum absolute atomic E-state index is 5.51. The summed E-state index contributed by atoms with van der Waals surface area (Å²) in [4.78, 5) is 4.72. The summed E-state index contributed by atoms with van der Waals surface area (Å²) < 4.78 is 9.73. The lowest BCUT2D eigenvalue weighted by atomic mass is 10.2. The molecule has 5 aromatic rings. The Morgan fingerprint density at radius 1 is 0.967 bits per heavy atom. The molecule has 7 heteroatoms. The number of aryl methyl sites for hydroxylation is 2. The SMILES string of the molecule is Cc1ccc2nc(CSc3nnc(-c4ccoc4C)n3Cc3ccccc3)cn2c1. The van der Waals surface area contributed by atoms with Gasteiger partial charge in [-0.2, -0.15) is 0 Å². The molecule has 0 saturated carbocycles. The fraction of sp³-hybridized carbons (Fsp3) is 0.174. The Kier molecular flexibility index (Phi) is 4.88. The zero-order valence-electron chi connectivity index (χ0n) is 16.8. The molecule has 5 rings (SSSR count). The Morgan fingerprint density at radius 3 is 2.63 bits per heavy atom. The summed E-state index contributed by atoms with van der Waals surface area (Å²) >= 11 is 1.65. The monoisotopic (exact) mass is 415 g/mol. The van der Waals surface area contributed by atoms with Crippen molar-refractivity contribution in [2.45, 2.75) is 31.3 Å². The van der Waals surface area contributed by atoms with Crippen LogP contribution in [0.25, 0.3) is 17.0 Å². The van der Waals surface area contributed by atoms with Gasteiger partial charge in [0, 0.05) is 18.1 Å². The van der Waals surface area contributed by atoms with Crippen LogP contribution in [0.15, 0.2) is 76.8 Å². The average molecular weight is 416 g/mol. The first-order valence-electron chi connectivity index (χ1n) is 9.76. The van der Waals surface area contributed by atoms with Gasteiger partial charge in [0.2, 0.25) is 0 Å². The number of aromatic nitrogens is 5. The Morgan fingerprint density at radius 2 is 1.83 bits per heavy atom. The second kappa shape index (κ2) is 7.84. The minimum Gasteiger partial charge on any atom is -0.469 e. The van der Waals surface area contributed by atoms with Crippen LogP contribution in [0.1, 0.15) is 22.6 Å². The molecule has 30 heavy (non-hydrogen) atoms. The molecule has 0 unspecified atom stereocenters. The topological polar surface area (TPSA) is 61.2 Å². The molecule has 150 valence electrons. The van der Waals surface area contributed by atoms with Gasteiger partial charge < -0.3 is 8.82 Å². The molecule has 0 spiro atoms. The standard InChI is InChI=1S/C23H21N5OS/c1-16-8-9-21-24-19(14-27(21)12-16)15-30-23-26-25-22(20-10-11-29-17(20)2)28(23)13-18-6-4-3-5-7-18/h3-12,14H,13,15H2,1-2H3. The number of benzene rings is 1. The van der Waals surface area contributed by atoms with E-state index in [4.69, 9.17) is 9.40 Å². The van der Waals surface area contributed by atoms with Crippen molar-refractivity contribution < 1.29 is 4.42 Å². The smallest absolute Gasteiger partial charge is 0.192 e. The Labute approximate surface area is 178 Å². The molecular formula is C23H21N5OS. The maximum Gasteiger partial charge on any atom is 0.192 e. The van der Waals surface area contributed by atoms with E-state index in [1.54, 1.807) is 18.0 Å². The van der Waals surface area contributed by atoms with Crippen LogP contribution in [0.4, 0.5) is 0 Å². The van der Waals surface area contributed by atoms with Gasteiger partial charge in [-0.1, -0.05) is 48.2 Å². The summed E-state index contributed by atoms with van der Waals surface area (Å²) in [7, 11) is 0. The molecule has 0 fully saturated rings. The number of rotatable bonds is 6. The van der Waals surface area contributed by atoms with E-state index in [1.807, 2.05) is 37.3 Å². The van der Waals surface area contributed by atoms with E-state index in [-0.39, 0.29) is 0 Å². The molecule has 0 N–H and O–H groups in total. The van der Waals surface area contributed by atoms with Crippen molar-refractivity contribution in [3.05, 3.63) is 89.8 Å². The number of hydrogen-bond acceptors (Lipinski definition) is 5. The minimum atomic E-state index is 0.695. The van der Waals surface area contributed by atoms with Crippen LogP contribution in [-0.2, 0) is 12.3 Å². The Bertz CT molecular complexity index is 1300. The van der Waals surface area contributed by atoms with Crippen LogP contribution in [0.2, 0.25) is 0 Å². The molecule has 0 atom stereocenters. The molecule has 0 aliphatic rings. The molecular weight excluding hydrogens is 394 g/mol. The number of thioether (sulfide) groups is 1. The molecule has 4 aromatic heterocycles. The number of imidazole rings is 1. The highest BCUT2D eigenvalue weighted by Crippen LogP contribution is 2.29. The van der Waals surface area contributed by atoms with Crippen LogP contribution >= 0.6 is 11.8 Å². The molecule has 0 saturated heterocycles. The number of hydrogen-bond donors (Lipinski definition) is 0. The van der Waals surface area contributed by atoms with Gasteiger partial charge in [-0.3, -0.25) is 4.57 Å². The fourth-order valence-electron chi connectivity index (χ4n) is 3.48. The lowest BCUT2D eigenvalue weighted by molar-refractivity contribution is 0.534. The summed E-state index contributed by atoms with van der Waals surface area (Å²) in [6, 6.07) is 16.4. The van der Waals surface area contributed by atoms with E-state index >= 15 is 0 Å². The molecule has 0 bridgehead atoms. The summed E-state index contributed by atoms with van der Waals surface area (Å²) in [5, 5.41) is 9.84. The van der Waals surface area contributed by atoms with E-state index < -0.39 is 0 Å². The van der Waals surface area contributed by atoms with Gasteiger partial charge in [-0.15, -0.1) is 10.2 Å². The number of pyridine rings is 1. The zero-order valence-corrected chi connectivity index (χ0v) is 17.6. The van der Waals surface area contributed by atoms with E-state index in [0.717, 1.165) is 39.4 Å². The van der Waals surface area contributed by atoms with Gasteiger partial charge in [0.05, 0.1) is 24.1 Å². The molecule has 6 nitrogen and oxygen atoms in total. The van der Waals surface area contributed by atoms with Gasteiger partial charge in [0.25, 0.3) is 0 Å². The first-order chi connectivity index (χ1) is 14.7. The zero-order chi connectivity index (χ0) is 20.5. The normalized spacial score (nSPS) is 11.4. The third-order valence-electron chi connectivity index (χ3n) is 5.00. The molecule has 0 radical (unpaired) electrons. The average Bonchev–Trinajstić information content (AvgIpc) is 3.45. The first-order valence-corrected chi connectivity index (χ1v) is 10.7. The summed E-state index contributed by atoms with van der Waals surface area (Å²) in [6.45, 7) is 4.72. The van der Waals surface area contributed by atoms with Crippen molar-refractivity contribution in [1.82, 2.24) is 24.1 Å². The van der Waals surface area contributed by atoms with Crippen molar-refractivity contribution in [3.8, 4) is 11.4 Å². The molecule has 4 heterocycles. The van der Waals surface area contributed by atoms with Crippen molar-refractivity contribution in [2.75, 3.05) is 0 Å². The second-order valence-electron chi connectivity index (χ2n) is 7.26. The van der Waals surface area contributed by atoms with Crippen molar-refractivity contribution >= 4 is 17.4 Å². The highest BCUT2D eigenvalue weighted by atomic mass is 32.2. The van der Waals surface area contributed by atoms with Gasteiger partial charge in [0.15, 0.2) is 11.0 Å². The Balaban J connectivity index is 1.46. The highest BCUT2D eigenvalue weighted by molar-refractivity contribution is 7.98. The third-order valence-corrected chi connectivity index (χ3v) is 6.00. The summed E-state index contributed by atoms with van der Waals surface area (Å²) in [5.74, 6) is 2.38. The van der Waals surface area contributed by atoms with Crippen molar-refractivity contribution in [1.29, 1.82) is 0 Å². The quantitative estimate of drug-likeness (QED) is 0.359. The summed E-state index contributed by atoms with van der Waals surface area (Å²) in [5.41, 5.74) is 5.35. The number of nitrogens with zero attached hydrogens (tertiary/aromatic N) is 5. The van der Waals surface area contributed by atoms with E-state index in [0.29, 0.717) is 6.54 Å². The molecule has 1 aromatic carbocycles. The van der Waals surface area contributed by atoms with E-state index in [1.165, 1.54) is 11.1 Å². The van der Waals surface area contributed by atoms with Crippen LogP contribution in [0.3, 0.4) is 0 Å². The van der Waals surface area contributed by atoms with Crippen molar-refractivity contribution in [3.63, 3.8) is 0 Å². The highest BCUT2D eigenvalue weighted by Gasteiger charge is 2.18. The van der Waals surface area contributed by atoms with Crippen LogP contribution in [0, 0.1) is 13.8 Å². The largest absolute Gasteiger partial charge is 0.469 e. The fourth-order valence-corrected chi connectivity index (χ4v) is 4.31. The second-order valence-corrected chi connectivity index (χ2v) is 8.20.